The van der Waals surface area contributed by atoms with E-state index in [4.69, 9.17) is 5.11 Å². The maximum atomic E-state index is 9.03. The number of aliphatic hydroxyl groups excluding tert-OH is 1. The Kier molecular flexibility index (Phi) is 7.45. The van der Waals surface area contributed by atoms with Crippen LogP contribution < -0.4 is 10.2 Å². The molecule has 0 aliphatic heterocycles. The van der Waals surface area contributed by atoms with Gasteiger partial charge in [0, 0.05) is 37.5 Å². The van der Waals surface area contributed by atoms with E-state index in [-0.39, 0.29) is 6.61 Å². The molecule has 0 aliphatic rings. The molecule has 4 nitrogen and oxygen atoms in total. The van der Waals surface area contributed by atoms with E-state index < -0.39 is 0 Å². The van der Waals surface area contributed by atoms with Gasteiger partial charge >= 0.3 is 0 Å². The van der Waals surface area contributed by atoms with Crippen LogP contribution in [0, 0.1) is 0 Å². The summed E-state index contributed by atoms with van der Waals surface area (Å²) in [5, 5.41) is 12.5. The third kappa shape index (κ3) is 5.17. The molecule has 0 saturated carbocycles. The van der Waals surface area contributed by atoms with E-state index in [1.54, 1.807) is 0 Å². The lowest BCUT2D eigenvalue weighted by Crippen LogP contribution is -2.34. The Morgan fingerprint density at radius 1 is 1.42 bits per heavy atom. The van der Waals surface area contributed by atoms with Crippen molar-refractivity contribution < 1.29 is 5.11 Å². The smallest absolute Gasteiger partial charge is 0.133 e. The minimum atomic E-state index is 0.222. The van der Waals surface area contributed by atoms with Gasteiger partial charge in [-0.25, -0.2) is 4.98 Å². The fourth-order valence-corrected chi connectivity index (χ4v) is 2.08. The molecular formula is C15H27N3O. The number of hydrogen-bond donors (Lipinski definition) is 2. The number of pyridine rings is 1. The summed E-state index contributed by atoms with van der Waals surface area (Å²) in [5.74, 6) is 1.04. The number of rotatable bonds is 9. The van der Waals surface area contributed by atoms with Crippen molar-refractivity contribution in [3.63, 3.8) is 0 Å². The second-order valence-corrected chi connectivity index (χ2v) is 5.03. The van der Waals surface area contributed by atoms with Crippen LogP contribution in [0.25, 0.3) is 0 Å². The molecule has 2 N–H and O–H groups in total. The van der Waals surface area contributed by atoms with E-state index in [9.17, 15) is 0 Å². The van der Waals surface area contributed by atoms with Gasteiger partial charge in [-0.2, -0.15) is 0 Å². The van der Waals surface area contributed by atoms with Gasteiger partial charge in [-0.05, 0) is 39.3 Å². The zero-order valence-electron chi connectivity index (χ0n) is 12.4. The van der Waals surface area contributed by atoms with Crippen molar-refractivity contribution in [2.45, 2.75) is 46.2 Å². The van der Waals surface area contributed by atoms with Crippen LogP contribution >= 0.6 is 0 Å². The van der Waals surface area contributed by atoms with Crippen molar-refractivity contribution in [3.05, 3.63) is 23.9 Å². The van der Waals surface area contributed by atoms with Gasteiger partial charge < -0.3 is 15.3 Å². The molecule has 0 saturated heterocycles. The summed E-state index contributed by atoms with van der Waals surface area (Å²) in [7, 11) is 0. The zero-order chi connectivity index (χ0) is 14.1. The van der Waals surface area contributed by atoms with E-state index in [1.165, 1.54) is 5.56 Å². The summed E-state index contributed by atoms with van der Waals surface area (Å²) in [6.45, 7) is 9.42. The summed E-state index contributed by atoms with van der Waals surface area (Å²) >= 11 is 0. The highest BCUT2D eigenvalue weighted by Gasteiger charge is 2.14. The Morgan fingerprint density at radius 2 is 2.21 bits per heavy atom. The normalized spacial score (nSPS) is 11.0. The highest BCUT2D eigenvalue weighted by Crippen LogP contribution is 2.19. The molecular weight excluding hydrogens is 238 g/mol. The number of aromatic nitrogens is 1. The van der Waals surface area contributed by atoms with Gasteiger partial charge in [-0.1, -0.05) is 13.0 Å². The van der Waals surface area contributed by atoms with E-state index in [0.717, 1.165) is 38.3 Å². The van der Waals surface area contributed by atoms with E-state index in [0.29, 0.717) is 6.04 Å². The highest BCUT2D eigenvalue weighted by atomic mass is 16.3. The molecule has 0 unspecified atom stereocenters. The van der Waals surface area contributed by atoms with Crippen molar-refractivity contribution in [2.24, 2.45) is 0 Å². The van der Waals surface area contributed by atoms with Gasteiger partial charge in [-0.3, -0.25) is 0 Å². The van der Waals surface area contributed by atoms with Gasteiger partial charge in [0.1, 0.15) is 5.82 Å². The summed E-state index contributed by atoms with van der Waals surface area (Å²) in [4.78, 5) is 6.80. The molecule has 0 spiro atoms. The van der Waals surface area contributed by atoms with Crippen LogP contribution in [-0.2, 0) is 6.54 Å². The van der Waals surface area contributed by atoms with Crippen molar-refractivity contribution >= 4 is 5.82 Å². The molecule has 108 valence electrons. The number of hydrogen-bond acceptors (Lipinski definition) is 4. The summed E-state index contributed by atoms with van der Waals surface area (Å²) in [6, 6.07) is 4.49. The van der Waals surface area contributed by atoms with E-state index >= 15 is 0 Å². The first-order valence-electron chi connectivity index (χ1n) is 7.22. The number of nitrogens with zero attached hydrogens (tertiary/aromatic N) is 2. The van der Waals surface area contributed by atoms with Crippen LogP contribution in [0.1, 0.15) is 39.2 Å². The van der Waals surface area contributed by atoms with E-state index in [1.807, 2.05) is 12.3 Å². The van der Waals surface area contributed by atoms with Crippen LogP contribution in [-0.4, -0.2) is 35.8 Å². The van der Waals surface area contributed by atoms with Crippen LogP contribution in [0.5, 0.6) is 0 Å². The monoisotopic (exact) mass is 265 g/mol. The molecule has 0 fully saturated rings. The molecule has 1 heterocycles. The van der Waals surface area contributed by atoms with Crippen molar-refractivity contribution in [3.8, 4) is 0 Å². The van der Waals surface area contributed by atoms with Gasteiger partial charge in [-0.15, -0.1) is 0 Å². The van der Waals surface area contributed by atoms with Crippen LogP contribution in [0.15, 0.2) is 18.3 Å². The first-order chi connectivity index (χ1) is 9.20. The quantitative estimate of drug-likeness (QED) is 0.672. The Bertz CT molecular complexity index is 355. The molecule has 1 aromatic rings. The summed E-state index contributed by atoms with van der Waals surface area (Å²) < 4.78 is 0. The predicted molar refractivity (Wildman–Crippen MR) is 80.4 cm³/mol. The number of nitrogens with one attached hydrogen (secondary N) is 1. The van der Waals surface area contributed by atoms with Crippen LogP contribution in [0.4, 0.5) is 5.82 Å². The topological polar surface area (TPSA) is 48.4 Å². The molecule has 0 atom stereocenters. The fraction of sp³-hybridized carbons (Fsp3) is 0.667. The van der Waals surface area contributed by atoms with Crippen LogP contribution in [0.2, 0.25) is 0 Å². The maximum absolute atomic E-state index is 9.03. The Balaban J connectivity index is 2.82. The molecule has 1 aromatic heterocycles. The Morgan fingerprint density at radius 3 is 2.84 bits per heavy atom. The minimum absolute atomic E-state index is 0.222. The molecule has 19 heavy (non-hydrogen) atoms. The maximum Gasteiger partial charge on any atom is 0.133 e. The summed E-state index contributed by atoms with van der Waals surface area (Å²) in [5.41, 5.74) is 1.22. The lowest BCUT2D eigenvalue weighted by Gasteiger charge is -2.29. The molecule has 0 bridgehead atoms. The number of aliphatic hydroxyl groups is 1. The zero-order valence-corrected chi connectivity index (χ0v) is 12.4. The van der Waals surface area contributed by atoms with Gasteiger partial charge in [0.25, 0.3) is 0 Å². The highest BCUT2D eigenvalue weighted by molar-refractivity contribution is 5.47. The second kappa shape index (κ2) is 8.88. The Labute approximate surface area is 116 Å². The lowest BCUT2D eigenvalue weighted by molar-refractivity contribution is 0.288. The van der Waals surface area contributed by atoms with Crippen molar-refractivity contribution in [1.82, 2.24) is 10.3 Å². The van der Waals surface area contributed by atoms with Gasteiger partial charge in [0.15, 0.2) is 0 Å². The SMILES string of the molecule is CCCNCc1cccnc1N(CCCO)C(C)C. The fourth-order valence-electron chi connectivity index (χ4n) is 2.08. The lowest BCUT2D eigenvalue weighted by atomic mass is 10.2. The molecule has 4 heteroatoms. The number of anilines is 1. The molecule has 0 amide bonds. The first-order valence-corrected chi connectivity index (χ1v) is 7.22. The first kappa shape index (κ1) is 15.9. The van der Waals surface area contributed by atoms with Gasteiger partial charge in [0.2, 0.25) is 0 Å². The molecule has 0 aliphatic carbocycles. The average Bonchev–Trinajstić information content (AvgIpc) is 2.40. The van der Waals surface area contributed by atoms with Crippen molar-refractivity contribution in [2.75, 3.05) is 24.6 Å². The standard InChI is InChI=1S/C15H27N3O/c1-4-8-16-12-14-7-5-9-17-15(14)18(13(2)3)10-6-11-19/h5,7,9,13,16,19H,4,6,8,10-12H2,1-3H3. The van der Waals surface area contributed by atoms with E-state index in [2.05, 4.69) is 42.0 Å². The van der Waals surface area contributed by atoms with Crippen molar-refractivity contribution in [1.29, 1.82) is 0 Å². The predicted octanol–water partition coefficient (Wildman–Crippen LogP) is 2.18. The molecule has 0 aromatic carbocycles. The second-order valence-electron chi connectivity index (χ2n) is 5.03. The van der Waals surface area contributed by atoms with Gasteiger partial charge in [0.05, 0.1) is 0 Å². The summed E-state index contributed by atoms with van der Waals surface area (Å²) in [6.07, 6.45) is 3.75. The van der Waals surface area contributed by atoms with Crippen LogP contribution in [0.3, 0.4) is 0 Å². The average molecular weight is 265 g/mol. The minimum Gasteiger partial charge on any atom is -0.396 e. The largest absolute Gasteiger partial charge is 0.396 e. The molecule has 0 radical (unpaired) electrons. The third-order valence-electron chi connectivity index (χ3n) is 3.06. The molecule has 1 rings (SSSR count). The third-order valence-corrected chi connectivity index (χ3v) is 3.06. The Hall–Kier alpha value is -1.13.